The monoisotopic (exact) mass is 321 g/mol. The van der Waals surface area contributed by atoms with Gasteiger partial charge in [-0.05, 0) is 18.2 Å². The van der Waals surface area contributed by atoms with E-state index in [0.29, 0.717) is 28.0 Å². The van der Waals surface area contributed by atoms with Gasteiger partial charge in [0.2, 0.25) is 0 Å². The predicted molar refractivity (Wildman–Crippen MR) is 88.1 cm³/mol. The van der Waals surface area contributed by atoms with Gasteiger partial charge in [0.1, 0.15) is 20.0 Å². The van der Waals surface area contributed by atoms with E-state index in [1.165, 1.54) is 10.7 Å². The van der Waals surface area contributed by atoms with Crippen LogP contribution in [0, 0.1) is 11.6 Å². The second-order valence-electron chi connectivity index (χ2n) is 5.37. The van der Waals surface area contributed by atoms with Crippen molar-refractivity contribution in [3.8, 4) is 0 Å². The minimum absolute atomic E-state index is 0.291. The second-order valence-corrected chi connectivity index (χ2v) is 5.37. The molecule has 0 fully saturated rings. The molecule has 0 N–H and O–H groups in total. The molecule has 4 aromatic rings. The zero-order chi connectivity index (χ0) is 16.8. The highest BCUT2D eigenvalue weighted by molar-refractivity contribution is 6.32. The highest BCUT2D eigenvalue weighted by Crippen LogP contribution is 2.30. The Kier molecular flexibility index (Phi) is 3.19. The topological polar surface area (TPSA) is 46.3 Å². The van der Waals surface area contributed by atoms with Crippen molar-refractivity contribution in [3.63, 3.8) is 0 Å². The van der Waals surface area contributed by atoms with E-state index < -0.39 is 11.6 Å². The molecule has 0 aliphatic rings. The van der Waals surface area contributed by atoms with Crippen LogP contribution in [0.15, 0.2) is 42.7 Å². The molecule has 0 saturated heterocycles. The lowest BCUT2D eigenvalue weighted by molar-refractivity contribution is 0.510. The van der Waals surface area contributed by atoms with Crippen LogP contribution in [0.3, 0.4) is 0 Å². The minimum atomic E-state index is -0.945. The average molecular weight is 321 g/mol. The number of hydrogen-bond donors (Lipinski definition) is 0. The maximum atomic E-state index is 13.8. The molecule has 5 nitrogen and oxygen atoms in total. The number of nitrogens with zero attached hydrogens (tertiary/aromatic N) is 5. The molecule has 0 unspecified atom stereocenters. The average Bonchev–Trinajstić information content (AvgIpc) is 3.03. The van der Waals surface area contributed by atoms with Crippen LogP contribution in [0.2, 0.25) is 0 Å². The van der Waals surface area contributed by atoms with Gasteiger partial charge in [0.25, 0.3) is 5.78 Å². The fraction of sp³-hybridized carbons (Fsp3) is 0.0625. The Morgan fingerprint density at radius 1 is 1.12 bits per heavy atom. The third-order valence-corrected chi connectivity index (χ3v) is 3.85. The fourth-order valence-corrected chi connectivity index (χ4v) is 2.66. The van der Waals surface area contributed by atoms with E-state index in [0.717, 1.165) is 17.8 Å². The normalized spacial score (nSPS) is 11.3. The van der Waals surface area contributed by atoms with Crippen LogP contribution in [0.4, 0.5) is 20.3 Å². The number of fused-ring (bicyclic) bond motifs is 3. The van der Waals surface area contributed by atoms with E-state index in [1.807, 2.05) is 6.07 Å². The maximum absolute atomic E-state index is 13.8. The lowest BCUT2D eigenvalue weighted by Crippen LogP contribution is -2.15. The molecular weight excluding hydrogens is 311 g/mol. The van der Waals surface area contributed by atoms with Crippen molar-refractivity contribution in [2.24, 2.45) is 0 Å². The largest absolute Gasteiger partial charge is 0.329 e. The molecule has 4 rings (SSSR count). The molecule has 0 amide bonds. The quantitative estimate of drug-likeness (QED) is 0.531. The summed E-state index contributed by atoms with van der Waals surface area (Å²) in [7, 11) is 7.59. The molecule has 0 atom stereocenters. The number of rotatable bonds is 2. The van der Waals surface area contributed by atoms with Crippen LogP contribution in [0.25, 0.3) is 16.7 Å². The number of anilines is 2. The summed E-state index contributed by atoms with van der Waals surface area (Å²) in [5, 5.41) is 8.13. The maximum Gasteiger partial charge on any atom is 0.257 e. The highest BCUT2D eigenvalue weighted by Gasteiger charge is 2.17. The van der Waals surface area contributed by atoms with Crippen LogP contribution < -0.4 is 10.4 Å². The Bertz CT molecular complexity index is 1080. The van der Waals surface area contributed by atoms with Gasteiger partial charge in [0.05, 0.1) is 5.52 Å². The van der Waals surface area contributed by atoms with E-state index in [9.17, 15) is 8.78 Å². The number of aromatic nitrogens is 4. The van der Waals surface area contributed by atoms with Gasteiger partial charge in [-0.3, -0.25) is 4.40 Å². The van der Waals surface area contributed by atoms with E-state index in [-0.39, 0.29) is 0 Å². The van der Waals surface area contributed by atoms with Gasteiger partial charge < -0.3 is 4.90 Å². The lowest BCUT2D eigenvalue weighted by Gasteiger charge is -2.21. The Morgan fingerprint density at radius 2 is 1.92 bits per heavy atom. The molecule has 0 aliphatic heterocycles. The summed E-state index contributed by atoms with van der Waals surface area (Å²) in [5.41, 5.74) is 1.77. The third-order valence-electron chi connectivity index (χ3n) is 3.85. The van der Waals surface area contributed by atoms with Gasteiger partial charge in [-0.25, -0.2) is 8.78 Å². The van der Waals surface area contributed by atoms with Crippen LogP contribution in [0.5, 0.6) is 0 Å². The van der Waals surface area contributed by atoms with E-state index in [1.54, 1.807) is 30.1 Å². The number of benzene rings is 2. The molecule has 0 bridgehead atoms. The fourth-order valence-electron chi connectivity index (χ4n) is 2.66. The van der Waals surface area contributed by atoms with Gasteiger partial charge >= 0.3 is 0 Å². The van der Waals surface area contributed by atoms with Crippen LogP contribution in [-0.4, -0.2) is 34.5 Å². The summed E-state index contributed by atoms with van der Waals surface area (Å²) < 4.78 is 29.0. The Morgan fingerprint density at radius 3 is 2.71 bits per heavy atom. The zero-order valence-corrected chi connectivity index (χ0v) is 12.6. The Hall–Kier alpha value is -3.03. The molecule has 2 aromatic heterocycles. The first-order chi connectivity index (χ1) is 11.5. The van der Waals surface area contributed by atoms with Gasteiger partial charge in [0, 0.05) is 24.2 Å². The summed E-state index contributed by atoms with van der Waals surface area (Å²) in [6.07, 6.45) is 1.41. The molecule has 2 radical (unpaired) electrons. The molecule has 0 spiro atoms. The van der Waals surface area contributed by atoms with Crippen molar-refractivity contribution < 1.29 is 8.78 Å². The lowest BCUT2D eigenvalue weighted by atomic mass is 9.96. The number of hydrogen-bond acceptors (Lipinski definition) is 4. The SMILES string of the molecule is [B]c1cccc(N(C)c2nc3nncn3c3cc(F)c(F)cc23)c1. The van der Waals surface area contributed by atoms with Crippen LogP contribution in [0.1, 0.15) is 0 Å². The van der Waals surface area contributed by atoms with E-state index >= 15 is 0 Å². The van der Waals surface area contributed by atoms with Crippen molar-refractivity contribution in [1.82, 2.24) is 19.6 Å². The summed E-state index contributed by atoms with van der Waals surface area (Å²) in [4.78, 5) is 6.17. The van der Waals surface area contributed by atoms with Gasteiger partial charge in [-0.15, -0.1) is 10.2 Å². The highest BCUT2D eigenvalue weighted by atomic mass is 19.2. The van der Waals surface area contributed by atoms with Crippen molar-refractivity contribution in [3.05, 3.63) is 54.4 Å². The zero-order valence-electron chi connectivity index (χ0n) is 12.6. The molecule has 2 aromatic carbocycles. The minimum Gasteiger partial charge on any atom is -0.329 e. The molecule has 2 heterocycles. The standard InChI is InChI=1S/C16H10BF2N5/c1-23(10-4-2-3-9(17)5-10)15-11-6-12(18)13(19)7-14(11)24-8-20-22-16(24)21-15/h2-8H,1H3. The van der Waals surface area contributed by atoms with E-state index in [2.05, 4.69) is 15.2 Å². The Balaban J connectivity index is 2.04. The smallest absolute Gasteiger partial charge is 0.257 e. The van der Waals surface area contributed by atoms with Gasteiger partial charge in [-0.1, -0.05) is 17.6 Å². The molecule has 116 valence electrons. The molecule has 8 heteroatoms. The predicted octanol–water partition coefficient (Wildman–Crippen LogP) is 2.12. The third kappa shape index (κ3) is 2.18. The summed E-state index contributed by atoms with van der Waals surface area (Å²) >= 11 is 0. The van der Waals surface area contributed by atoms with Gasteiger partial charge in [-0.2, -0.15) is 4.98 Å². The molecular formula is C16H10BF2N5. The van der Waals surface area contributed by atoms with Crippen molar-refractivity contribution in [2.45, 2.75) is 0 Å². The first-order valence-electron chi connectivity index (χ1n) is 7.12. The van der Waals surface area contributed by atoms with Gasteiger partial charge in [0.15, 0.2) is 11.6 Å². The second kappa shape index (κ2) is 5.26. The van der Waals surface area contributed by atoms with Crippen molar-refractivity contribution in [1.29, 1.82) is 0 Å². The molecule has 24 heavy (non-hydrogen) atoms. The van der Waals surface area contributed by atoms with E-state index in [4.69, 9.17) is 7.85 Å². The number of halogens is 2. The van der Waals surface area contributed by atoms with Crippen molar-refractivity contribution in [2.75, 3.05) is 11.9 Å². The summed E-state index contributed by atoms with van der Waals surface area (Å²) in [6, 6.07) is 9.41. The van der Waals surface area contributed by atoms with Crippen molar-refractivity contribution >= 4 is 41.5 Å². The summed E-state index contributed by atoms with van der Waals surface area (Å²) in [6.45, 7) is 0. The van der Waals surface area contributed by atoms with Crippen LogP contribution >= 0.6 is 0 Å². The first-order valence-corrected chi connectivity index (χ1v) is 7.12. The molecule has 0 saturated carbocycles. The molecule has 0 aliphatic carbocycles. The van der Waals surface area contributed by atoms with Crippen LogP contribution in [-0.2, 0) is 0 Å². The Labute approximate surface area is 137 Å². The first kappa shape index (κ1) is 14.6. The summed E-state index contributed by atoms with van der Waals surface area (Å²) in [5.74, 6) is -1.17.